The lowest BCUT2D eigenvalue weighted by atomic mass is 9.99. The number of allylic oxidation sites excluding steroid dienone is 7. The highest BCUT2D eigenvalue weighted by Gasteiger charge is 2.44. The molecular weight excluding hydrogens is 1150 g/mol. The summed E-state index contributed by atoms with van der Waals surface area (Å²) in [6, 6.07) is -0.808. The average molecular weight is 1300 g/mol. The quantitative estimate of drug-likeness (QED) is 0.0195. The molecule has 0 radical (unpaired) electrons. The Morgan fingerprint density at radius 2 is 0.728 bits per heavy atom. The van der Waals surface area contributed by atoms with Gasteiger partial charge in [0, 0.05) is 12.8 Å². The van der Waals surface area contributed by atoms with Crippen LogP contribution in [0.5, 0.6) is 0 Å². The molecule has 0 aromatic heterocycles. The van der Waals surface area contributed by atoms with E-state index in [1.807, 2.05) is 6.08 Å². The van der Waals surface area contributed by atoms with Crippen LogP contribution in [0.1, 0.15) is 393 Å². The smallest absolute Gasteiger partial charge is 0.305 e. The average Bonchev–Trinajstić information content (AvgIpc) is 1.42. The van der Waals surface area contributed by atoms with Gasteiger partial charge in [-0.2, -0.15) is 0 Å². The lowest BCUT2D eigenvalue weighted by molar-refractivity contribution is -0.302. The number of carbonyl (C=O) groups is 2. The van der Waals surface area contributed by atoms with Crippen LogP contribution in [-0.2, 0) is 23.8 Å². The lowest BCUT2D eigenvalue weighted by Crippen LogP contribution is -2.60. The topological polar surface area (TPSA) is 175 Å². The predicted octanol–water partition coefficient (Wildman–Crippen LogP) is 21.5. The first-order valence-corrected chi connectivity index (χ1v) is 39.9. The molecule has 1 rings (SSSR count). The Kier molecular flexibility index (Phi) is 66.6. The largest absolute Gasteiger partial charge is 0.466 e. The molecule has 7 atom stereocenters. The van der Waals surface area contributed by atoms with Gasteiger partial charge in [-0.25, -0.2) is 0 Å². The van der Waals surface area contributed by atoms with Crippen molar-refractivity contribution in [2.45, 2.75) is 436 Å². The van der Waals surface area contributed by atoms with E-state index in [4.69, 9.17) is 14.2 Å². The SMILES string of the molecule is CCCCCCCC/C=C\CCCCCCCCCCCC(=O)OCCCCCCCCCCCCC/C=C\C/C=C\CCCCCCCCCCCCCCCCCCCC(=O)NC(COC1OC(CO)C(O)C(O)C1O)C(O)/C=C/CCCCCCCCCC. The van der Waals surface area contributed by atoms with E-state index < -0.39 is 49.5 Å². The number of nitrogens with one attached hydrogen (secondary N) is 1. The standard InChI is InChI=1S/C81H151NO10/c1-3-5-7-9-11-13-15-16-17-18-36-40-43-46-49-53-57-61-65-69-77(86)90-70-66-62-58-54-50-47-44-41-38-35-33-31-29-27-25-23-21-19-20-22-24-26-28-30-32-34-37-39-42-45-48-52-56-60-64-68-76(85)82-73(72-91-81-80(89)79(88)78(87)75(71-83)92-81)74(84)67-63-59-55-51-14-12-10-8-6-4-2/h16-17,21,23,27,29,63,67,73-75,78-81,83-84,87-89H,3-15,18-20,22,24-26,28,30-62,64-66,68-72H2,1-2H3,(H,82,85)/b17-16-,23-21-,29-27-,67-63+. The van der Waals surface area contributed by atoms with Crippen LogP contribution in [0.3, 0.4) is 0 Å². The van der Waals surface area contributed by atoms with Gasteiger partial charge in [0.05, 0.1) is 32.0 Å². The van der Waals surface area contributed by atoms with Crippen LogP contribution < -0.4 is 5.32 Å². The van der Waals surface area contributed by atoms with Crippen molar-refractivity contribution in [3.05, 3.63) is 48.6 Å². The molecule has 540 valence electrons. The molecule has 0 aromatic rings. The van der Waals surface area contributed by atoms with Crippen molar-refractivity contribution in [3.63, 3.8) is 0 Å². The predicted molar refractivity (Wildman–Crippen MR) is 389 cm³/mol. The number of esters is 1. The molecule has 7 unspecified atom stereocenters. The maximum absolute atomic E-state index is 13.0. The third-order valence-electron chi connectivity index (χ3n) is 18.9. The van der Waals surface area contributed by atoms with Crippen LogP contribution >= 0.6 is 0 Å². The number of aliphatic hydroxyl groups excluding tert-OH is 5. The minimum absolute atomic E-state index is 0.0101. The van der Waals surface area contributed by atoms with Gasteiger partial charge in [0.25, 0.3) is 0 Å². The first-order chi connectivity index (χ1) is 45.2. The second-order valence-electron chi connectivity index (χ2n) is 27.8. The monoisotopic (exact) mass is 1300 g/mol. The Hall–Kier alpha value is -2.38. The summed E-state index contributed by atoms with van der Waals surface area (Å²) in [6.45, 7) is 4.36. The van der Waals surface area contributed by atoms with Gasteiger partial charge in [-0.15, -0.1) is 0 Å². The van der Waals surface area contributed by atoms with Gasteiger partial charge in [0.15, 0.2) is 6.29 Å². The molecule has 11 nitrogen and oxygen atoms in total. The molecule has 0 aliphatic carbocycles. The van der Waals surface area contributed by atoms with Gasteiger partial charge in [-0.3, -0.25) is 9.59 Å². The Labute approximate surface area is 567 Å². The maximum atomic E-state index is 13.0. The van der Waals surface area contributed by atoms with Crippen LogP contribution in [-0.4, -0.2) is 100 Å². The van der Waals surface area contributed by atoms with Crippen molar-refractivity contribution in [2.75, 3.05) is 19.8 Å². The molecule has 0 aromatic carbocycles. The maximum Gasteiger partial charge on any atom is 0.305 e. The number of carbonyl (C=O) groups excluding carboxylic acids is 2. The normalized spacial score (nSPS) is 17.8. The Bertz CT molecular complexity index is 1670. The van der Waals surface area contributed by atoms with Gasteiger partial charge in [0.1, 0.15) is 24.4 Å². The van der Waals surface area contributed by atoms with Crippen molar-refractivity contribution >= 4 is 11.9 Å². The molecular formula is C81H151NO10. The molecule has 0 saturated carbocycles. The molecule has 6 N–H and O–H groups in total. The number of unbranched alkanes of at least 4 members (excludes halogenated alkanes) is 51. The summed E-state index contributed by atoms with van der Waals surface area (Å²) in [5, 5.41) is 54.4. The summed E-state index contributed by atoms with van der Waals surface area (Å²) < 4.78 is 16.8. The summed E-state index contributed by atoms with van der Waals surface area (Å²) in [4.78, 5) is 25.2. The minimum atomic E-state index is -1.57. The molecule has 1 amide bonds. The molecule has 1 heterocycles. The summed E-state index contributed by atoms with van der Waals surface area (Å²) in [7, 11) is 0. The van der Waals surface area contributed by atoms with Gasteiger partial charge < -0.3 is 45.1 Å². The number of rotatable bonds is 71. The molecule has 1 fully saturated rings. The second kappa shape index (κ2) is 70.0. The number of hydrogen-bond donors (Lipinski definition) is 6. The molecule has 1 saturated heterocycles. The number of amides is 1. The number of aliphatic hydroxyl groups is 5. The van der Waals surface area contributed by atoms with Crippen molar-refractivity contribution in [1.29, 1.82) is 0 Å². The summed E-state index contributed by atoms with van der Waals surface area (Å²) in [5.74, 6) is -0.169. The molecule has 0 spiro atoms. The first kappa shape index (κ1) is 87.6. The highest BCUT2D eigenvalue weighted by atomic mass is 16.7. The van der Waals surface area contributed by atoms with E-state index in [2.05, 4.69) is 55.6 Å². The van der Waals surface area contributed by atoms with E-state index in [-0.39, 0.29) is 18.5 Å². The minimum Gasteiger partial charge on any atom is -0.466 e. The fourth-order valence-corrected chi connectivity index (χ4v) is 12.6. The van der Waals surface area contributed by atoms with Crippen molar-refractivity contribution in [1.82, 2.24) is 5.32 Å². The van der Waals surface area contributed by atoms with Gasteiger partial charge in [-0.1, -0.05) is 339 Å². The summed E-state index contributed by atoms with van der Waals surface area (Å²) in [6.07, 6.45) is 82.9. The van der Waals surface area contributed by atoms with E-state index >= 15 is 0 Å². The first-order valence-electron chi connectivity index (χ1n) is 39.9. The third-order valence-corrected chi connectivity index (χ3v) is 18.9. The van der Waals surface area contributed by atoms with Crippen molar-refractivity contribution in [3.8, 4) is 0 Å². The highest BCUT2D eigenvalue weighted by molar-refractivity contribution is 5.76. The van der Waals surface area contributed by atoms with Gasteiger partial charge in [0.2, 0.25) is 5.91 Å². The van der Waals surface area contributed by atoms with Crippen molar-refractivity contribution in [2.24, 2.45) is 0 Å². The highest BCUT2D eigenvalue weighted by Crippen LogP contribution is 2.24. The Morgan fingerprint density at radius 1 is 0.402 bits per heavy atom. The van der Waals surface area contributed by atoms with Crippen molar-refractivity contribution < 1.29 is 49.3 Å². The zero-order valence-corrected chi connectivity index (χ0v) is 60.3. The van der Waals surface area contributed by atoms with E-state index in [0.717, 1.165) is 64.2 Å². The fourth-order valence-electron chi connectivity index (χ4n) is 12.6. The second-order valence-corrected chi connectivity index (χ2v) is 27.8. The van der Waals surface area contributed by atoms with Crippen LogP contribution in [0.15, 0.2) is 48.6 Å². The van der Waals surface area contributed by atoms with E-state index in [1.54, 1.807) is 6.08 Å². The zero-order valence-electron chi connectivity index (χ0n) is 60.3. The molecule has 11 heteroatoms. The Balaban J connectivity index is 1.88. The molecule has 1 aliphatic rings. The number of hydrogen-bond acceptors (Lipinski definition) is 10. The molecule has 92 heavy (non-hydrogen) atoms. The lowest BCUT2D eigenvalue weighted by Gasteiger charge is -2.40. The molecule has 0 bridgehead atoms. The third kappa shape index (κ3) is 57.8. The van der Waals surface area contributed by atoms with Gasteiger partial charge >= 0.3 is 5.97 Å². The molecule has 1 aliphatic heterocycles. The van der Waals surface area contributed by atoms with E-state index in [1.165, 1.54) is 302 Å². The van der Waals surface area contributed by atoms with Gasteiger partial charge in [-0.05, 0) is 89.9 Å². The number of ether oxygens (including phenoxy) is 3. The summed E-state index contributed by atoms with van der Waals surface area (Å²) >= 11 is 0. The summed E-state index contributed by atoms with van der Waals surface area (Å²) in [5.41, 5.74) is 0. The fraction of sp³-hybridized carbons (Fsp3) is 0.877. The van der Waals surface area contributed by atoms with E-state index in [9.17, 15) is 35.1 Å². The van der Waals surface area contributed by atoms with Crippen LogP contribution in [0.2, 0.25) is 0 Å². The zero-order chi connectivity index (χ0) is 66.5. The van der Waals surface area contributed by atoms with Crippen LogP contribution in [0.25, 0.3) is 0 Å². The van der Waals surface area contributed by atoms with Crippen LogP contribution in [0, 0.1) is 0 Å². The Morgan fingerprint density at radius 3 is 1.11 bits per heavy atom. The van der Waals surface area contributed by atoms with Crippen LogP contribution in [0.4, 0.5) is 0 Å². The van der Waals surface area contributed by atoms with E-state index in [0.29, 0.717) is 19.4 Å².